The number of H-pyrrole nitrogens is 1. The largest absolute Gasteiger partial charge is 0.421 e. The number of aromatic nitrogens is 1. The number of para-hydroxylation sites is 1. The van der Waals surface area contributed by atoms with Crippen LogP contribution in [-0.4, -0.2) is 11.0 Å². The van der Waals surface area contributed by atoms with Crippen LogP contribution in [-0.2, 0) is 0 Å². The summed E-state index contributed by atoms with van der Waals surface area (Å²) in [6, 6.07) is 12.7. The molecule has 1 heterocycles. The highest BCUT2D eigenvalue weighted by molar-refractivity contribution is 6.34. The summed E-state index contributed by atoms with van der Waals surface area (Å²) in [6.07, 6.45) is 0. The number of esters is 1. The molecule has 3 rings (SSSR count). The monoisotopic (exact) mass is 333 g/mol. The van der Waals surface area contributed by atoms with Crippen LogP contribution in [0.2, 0.25) is 10.0 Å². The molecule has 0 aliphatic rings. The Hall–Kier alpha value is -2.30. The minimum absolute atomic E-state index is 0.142. The van der Waals surface area contributed by atoms with Crippen LogP contribution in [0.4, 0.5) is 0 Å². The molecule has 0 aliphatic carbocycles. The zero-order valence-electron chi connectivity index (χ0n) is 11.1. The van der Waals surface area contributed by atoms with E-state index in [0.717, 1.165) is 0 Å². The second kappa shape index (κ2) is 5.83. The normalized spacial score (nSPS) is 10.6. The maximum absolute atomic E-state index is 12.4. The zero-order valence-corrected chi connectivity index (χ0v) is 12.6. The van der Waals surface area contributed by atoms with Gasteiger partial charge in [0.25, 0.3) is 0 Å². The van der Waals surface area contributed by atoms with E-state index in [0.29, 0.717) is 15.9 Å². The molecular weight excluding hydrogens is 325 g/mol. The minimum atomic E-state index is -0.675. The number of fused-ring (bicyclic) bond motifs is 1. The Morgan fingerprint density at radius 2 is 1.82 bits per heavy atom. The average Bonchev–Trinajstić information content (AvgIpc) is 2.50. The molecule has 0 radical (unpaired) electrons. The SMILES string of the molecule is O=C(Oc1cc(Cl)ccc1Cl)c1cc(=O)[nH]c2ccccc12. The van der Waals surface area contributed by atoms with E-state index in [1.165, 1.54) is 18.2 Å². The second-order valence-corrected chi connectivity index (χ2v) is 5.40. The summed E-state index contributed by atoms with van der Waals surface area (Å²) in [5, 5.41) is 1.24. The molecule has 4 nitrogen and oxygen atoms in total. The third-order valence-electron chi connectivity index (χ3n) is 3.07. The Morgan fingerprint density at radius 3 is 2.64 bits per heavy atom. The quantitative estimate of drug-likeness (QED) is 0.568. The van der Waals surface area contributed by atoms with Crippen molar-refractivity contribution in [1.82, 2.24) is 4.98 Å². The van der Waals surface area contributed by atoms with Crippen LogP contribution in [0.5, 0.6) is 5.75 Å². The summed E-state index contributed by atoms with van der Waals surface area (Å²) in [5.41, 5.74) is 0.331. The standard InChI is InChI=1S/C16H9Cl2NO3/c17-9-5-6-12(18)14(7-9)22-16(21)11-8-15(20)19-13-4-2-1-3-10(11)13/h1-8H,(H,19,20). The Kier molecular flexibility index (Phi) is 3.88. The Balaban J connectivity index is 2.06. The molecule has 110 valence electrons. The van der Waals surface area contributed by atoms with Crippen LogP contribution in [0.3, 0.4) is 0 Å². The van der Waals surface area contributed by atoms with Gasteiger partial charge in [0, 0.05) is 28.1 Å². The molecular formula is C16H9Cl2NO3. The first-order valence-corrected chi connectivity index (χ1v) is 7.09. The molecule has 3 aromatic rings. The third kappa shape index (κ3) is 2.84. The van der Waals surface area contributed by atoms with Gasteiger partial charge in [0.15, 0.2) is 5.75 Å². The number of hydrogen-bond donors (Lipinski definition) is 1. The summed E-state index contributed by atoms with van der Waals surface area (Å²) in [4.78, 5) is 26.7. The fourth-order valence-electron chi connectivity index (χ4n) is 2.08. The topological polar surface area (TPSA) is 59.2 Å². The summed E-state index contributed by atoms with van der Waals surface area (Å²) in [5.74, 6) is -0.532. The van der Waals surface area contributed by atoms with Crippen LogP contribution in [0.1, 0.15) is 10.4 Å². The van der Waals surface area contributed by atoms with Crippen molar-refractivity contribution in [2.24, 2.45) is 0 Å². The van der Waals surface area contributed by atoms with Crippen molar-refractivity contribution >= 4 is 40.1 Å². The fraction of sp³-hybridized carbons (Fsp3) is 0. The lowest BCUT2D eigenvalue weighted by atomic mass is 10.1. The maximum atomic E-state index is 12.4. The van der Waals surface area contributed by atoms with Crippen molar-refractivity contribution in [2.75, 3.05) is 0 Å². The molecule has 0 unspecified atom stereocenters. The third-order valence-corrected chi connectivity index (χ3v) is 3.61. The first-order valence-electron chi connectivity index (χ1n) is 6.34. The number of nitrogens with one attached hydrogen (secondary N) is 1. The van der Waals surface area contributed by atoms with Gasteiger partial charge in [-0.1, -0.05) is 41.4 Å². The summed E-state index contributed by atoms with van der Waals surface area (Å²) < 4.78 is 5.27. The first kappa shape index (κ1) is 14.6. The molecule has 0 aliphatic heterocycles. The summed E-state index contributed by atoms with van der Waals surface area (Å²) >= 11 is 11.8. The lowest BCUT2D eigenvalue weighted by Gasteiger charge is -2.08. The molecule has 6 heteroatoms. The van der Waals surface area contributed by atoms with E-state index >= 15 is 0 Å². The van der Waals surface area contributed by atoms with Gasteiger partial charge in [0.05, 0.1) is 10.6 Å². The van der Waals surface area contributed by atoms with Gasteiger partial charge >= 0.3 is 5.97 Å². The molecule has 0 fully saturated rings. The van der Waals surface area contributed by atoms with Crippen molar-refractivity contribution in [3.05, 3.63) is 74.5 Å². The number of carbonyl (C=O) groups is 1. The molecule has 1 N–H and O–H groups in total. The van der Waals surface area contributed by atoms with Gasteiger partial charge in [-0.2, -0.15) is 0 Å². The molecule has 22 heavy (non-hydrogen) atoms. The van der Waals surface area contributed by atoms with E-state index in [4.69, 9.17) is 27.9 Å². The van der Waals surface area contributed by atoms with Gasteiger partial charge < -0.3 is 9.72 Å². The van der Waals surface area contributed by atoms with E-state index in [1.807, 2.05) is 0 Å². The van der Waals surface area contributed by atoms with Gasteiger partial charge in [-0.25, -0.2) is 4.79 Å². The number of carbonyl (C=O) groups excluding carboxylic acids is 1. The van der Waals surface area contributed by atoms with Crippen LogP contribution in [0, 0.1) is 0 Å². The Bertz CT molecular complexity index is 934. The van der Waals surface area contributed by atoms with E-state index in [9.17, 15) is 9.59 Å². The van der Waals surface area contributed by atoms with E-state index in [2.05, 4.69) is 4.98 Å². The highest BCUT2D eigenvalue weighted by atomic mass is 35.5. The molecule has 0 spiro atoms. The predicted molar refractivity (Wildman–Crippen MR) is 86.0 cm³/mol. The molecule has 0 bridgehead atoms. The van der Waals surface area contributed by atoms with Crippen molar-refractivity contribution in [3.8, 4) is 5.75 Å². The van der Waals surface area contributed by atoms with Crippen molar-refractivity contribution < 1.29 is 9.53 Å². The second-order valence-electron chi connectivity index (χ2n) is 4.56. The average molecular weight is 334 g/mol. The predicted octanol–water partition coefficient (Wildman–Crippen LogP) is 4.05. The van der Waals surface area contributed by atoms with E-state index in [1.54, 1.807) is 30.3 Å². The van der Waals surface area contributed by atoms with E-state index < -0.39 is 5.97 Å². The number of ether oxygens (including phenoxy) is 1. The van der Waals surface area contributed by atoms with Crippen molar-refractivity contribution in [2.45, 2.75) is 0 Å². The smallest absolute Gasteiger partial charge is 0.344 e. The van der Waals surface area contributed by atoms with Gasteiger partial charge in [-0.05, 0) is 18.2 Å². The Labute approximate surface area is 135 Å². The van der Waals surface area contributed by atoms with E-state index in [-0.39, 0.29) is 21.9 Å². The molecule has 0 saturated carbocycles. The first-order chi connectivity index (χ1) is 10.5. The van der Waals surface area contributed by atoms with Crippen LogP contribution < -0.4 is 10.3 Å². The van der Waals surface area contributed by atoms with Crippen LogP contribution in [0.25, 0.3) is 10.9 Å². The zero-order chi connectivity index (χ0) is 15.7. The molecule has 2 aromatic carbocycles. The number of halogens is 2. The number of rotatable bonds is 2. The van der Waals surface area contributed by atoms with Gasteiger partial charge in [-0.3, -0.25) is 4.79 Å². The number of hydrogen-bond acceptors (Lipinski definition) is 3. The highest BCUT2D eigenvalue weighted by Gasteiger charge is 2.15. The summed E-state index contributed by atoms with van der Waals surface area (Å²) in [6.45, 7) is 0. The van der Waals surface area contributed by atoms with Gasteiger partial charge in [0.1, 0.15) is 0 Å². The summed E-state index contributed by atoms with van der Waals surface area (Å²) in [7, 11) is 0. The van der Waals surface area contributed by atoms with Crippen molar-refractivity contribution in [1.29, 1.82) is 0 Å². The van der Waals surface area contributed by atoms with Crippen LogP contribution in [0.15, 0.2) is 53.3 Å². The minimum Gasteiger partial charge on any atom is -0.421 e. The molecule has 1 aromatic heterocycles. The lowest BCUT2D eigenvalue weighted by Crippen LogP contribution is -2.15. The molecule has 0 amide bonds. The van der Waals surface area contributed by atoms with Crippen molar-refractivity contribution in [3.63, 3.8) is 0 Å². The van der Waals surface area contributed by atoms with Gasteiger partial charge in [-0.15, -0.1) is 0 Å². The number of pyridine rings is 1. The lowest BCUT2D eigenvalue weighted by molar-refractivity contribution is 0.0737. The van der Waals surface area contributed by atoms with Crippen LogP contribution >= 0.6 is 23.2 Å². The number of benzene rings is 2. The van der Waals surface area contributed by atoms with Gasteiger partial charge in [0.2, 0.25) is 5.56 Å². The number of aromatic amines is 1. The molecule has 0 saturated heterocycles. The highest BCUT2D eigenvalue weighted by Crippen LogP contribution is 2.28. The fourth-order valence-corrected chi connectivity index (χ4v) is 2.40. The Morgan fingerprint density at radius 1 is 1.05 bits per heavy atom. The maximum Gasteiger partial charge on any atom is 0.344 e. The molecule has 0 atom stereocenters.